The van der Waals surface area contributed by atoms with E-state index in [1.807, 2.05) is 78.9 Å². The standard InChI is InChI=1S/C37H27FN4O3S/c1-22(43)39-32-20-25(38)15-17-28(32)33-21-46-37(41-33)42-36(44)34-29-12-5-6-13-31(29)40-35-24(14-16-30(34)35)18-23-8-7-11-27(19-23)45-26-9-3-2-4-10-26/h2-13,15,17-21H,14,16H2,1H3,(H,39,43)(H,41,42,44)/b24-18+. The van der Waals surface area contributed by atoms with Crippen molar-refractivity contribution in [3.8, 4) is 22.8 Å². The molecule has 1 aliphatic rings. The normalized spacial score (nSPS) is 13.0. The van der Waals surface area contributed by atoms with E-state index >= 15 is 0 Å². The molecule has 0 saturated heterocycles. The number of aromatic nitrogens is 2. The van der Waals surface area contributed by atoms with Crippen molar-refractivity contribution in [3.05, 3.63) is 131 Å². The molecule has 2 aromatic heterocycles. The molecule has 4 aromatic carbocycles. The first kappa shape index (κ1) is 29.1. The molecule has 7 rings (SSSR count). The molecule has 0 aliphatic heterocycles. The van der Waals surface area contributed by atoms with Gasteiger partial charge in [0.1, 0.15) is 17.3 Å². The minimum atomic E-state index is -0.476. The average molecular weight is 627 g/mol. The van der Waals surface area contributed by atoms with Crippen molar-refractivity contribution < 1.29 is 18.7 Å². The molecule has 2 amide bonds. The van der Waals surface area contributed by atoms with Gasteiger partial charge >= 0.3 is 0 Å². The number of thiazole rings is 1. The summed E-state index contributed by atoms with van der Waals surface area (Å²) in [5, 5.41) is 8.55. The van der Waals surface area contributed by atoms with Gasteiger partial charge in [-0.1, -0.05) is 48.5 Å². The van der Waals surface area contributed by atoms with Gasteiger partial charge in [0, 0.05) is 23.3 Å². The Bertz CT molecular complexity index is 2160. The number of hydrogen-bond acceptors (Lipinski definition) is 6. The van der Waals surface area contributed by atoms with Gasteiger partial charge < -0.3 is 10.1 Å². The molecule has 1 aliphatic carbocycles. The molecule has 0 atom stereocenters. The van der Waals surface area contributed by atoms with Gasteiger partial charge in [0.05, 0.1) is 28.2 Å². The summed E-state index contributed by atoms with van der Waals surface area (Å²) >= 11 is 1.25. The number of allylic oxidation sites excluding steroid dienone is 1. The number of ether oxygens (including phenoxy) is 1. The third-order valence-electron chi connectivity index (χ3n) is 7.64. The lowest BCUT2D eigenvalue weighted by molar-refractivity contribution is -0.114. The lowest BCUT2D eigenvalue weighted by Crippen LogP contribution is -2.15. The van der Waals surface area contributed by atoms with Gasteiger partial charge in [-0.25, -0.2) is 14.4 Å². The van der Waals surface area contributed by atoms with E-state index in [9.17, 15) is 14.0 Å². The van der Waals surface area contributed by atoms with E-state index in [1.54, 1.807) is 11.4 Å². The Balaban J connectivity index is 1.20. The van der Waals surface area contributed by atoms with Gasteiger partial charge in [-0.05, 0) is 84.1 Å². The van der Waals surface area contributed by atoms with E-state index in [0.29, 0.717) is 34.1 Å². The monoisotopic (exact) mass is 626 g/mol. The second-order valence-electron chi connectivity index (χ2n) is 10.9. The first-order valence-corrected chi connectivity index (χ1v) is 15.6. The Morgan fingerprint density at radius 3 is 2.52 bits per heavy atom. The summed E-state index contributed by atoms with van der Waals surface area (Å²) in [7, 11) is 0. The molecule has 46 heavy (non-hydrogen) atoms. The lowest BCUT2D eigenvalue weighted by atomic mass is 10.00. The third kappa shape index (κ3) is 6.00. The molecule has 7 nitrogen and oxygen atoms in total. The molecule has 226 valence electrons. The molecule has 0 radical (unpaired) electrons. The Morgan fingerprint density at radius 2 is 1.67 bits per heavy atom. The van der Waals surface area contributed by atoms with Crippen LogP contribution >= 0.6 is 11.3 Å². The Morgan fingerprint density at radius 1 is 0.870 bits per heavy atom. The van der Waals surface area contributed by atoms with Gasteiger partial charge in [-0.15, -0.1) is 11.3 Å². The van der Waals surface area contributed by atoms with Crippen LogP contribution in [0.5, 0.6) is 11.5 Å². The highest BCUT2D eigenvalue weighted by Gasteiger charge is 2.27. The van der Waals surface area contributed by atoms with Crippen LogP contribution < -0.4 is 15.4 Å². The van der Waals surface area contributed by atoms with Crippen molar-refractivity contribution in [2.24, 2.45) is 0 Å². The number of pyridine rings is 1. The quantitative estimate of drug-likeness (QED) is 0.185. The summed E-state index contributed by atoms with van der Waals surface area (Å²) in [6.07, 6.45) is 3.51. The van der Waals surface area contributed by atoms with Crippen molar-refractivity contribution in [1.82, 2.24) is 9.97 Å². The second-order valence-corrected chi connectivity index (χ2v) is 11.7. The van der Waals surface area contributed by atoms with Crippen LogP contribution in [-0.2, 0) is 11.2 Å². The topological polar surface area (TPSA) is 93.2 Å². The number of nitrogens with one attached hydrogen (secondary N) is 2. The summed E-state index contributed by atoms with van der Waals surface area (Å²) in [5.41, 5.74) is 6.40. The van der Waals surface area contributed by atoms with Crippen LogP contribution in [0.2, 0.25) is 0 Å². The highest BCUT2D eigenvalue weighted by atomic mass is 32.1. The summed E-state index contributed by atoms with van der Waals surface area (Å²) in [6.45, 7) is 1.36. The Labute approximate surface area is 268 Å². The largest absolute Gasteiger partial charge is 0.457 e. The molecule has 2 heterocycles. The molecule has 0 fully saturated rings. The number of carbonyl (C=O) groups is 2. The highest BCUT2D eigenvalue weighted by molar-refractivity contribution is 7.14. The molecule has 0 bridgehead atoms. The van der Waals surface area contributed by atoms with Gasteiger partial charge in [0.15, 0.2) is 5.13 Å². The number of rotatable bonds is 7. The SMILES string of the molecule is CC(=O)Nc1cc(F)ccc1-c1csc(NC(=O)c2c3c(nc4ccccc24)/C(=C/c2cccc(Oc4ccccc4)c2)CC3)n1. The van der Waals surface area contributed by atoms with E-state index in [0.717, 1.165) is 51.2 Å². The number of anilines is 2. The van der Waals surface area contributed by atoms with Crippen LogP contribution in [0.25, 0.3) is 33.8 Å². The fourth-order valence-corrected chi connectivity index (χ4v) is 6.39. The van der Waals surface area contributed by atoms with Crippen molar-refractivity contribution in [3.63, 3.8) is 0 Å². The molecular weight excluding hydrogens is 599 g/mol. The van der Waals surface area contributed by atoms with E-state index in [-0.39, 0.29) is 11.8 Å². The minimum Gasteiger partial charge on any atom is -0.457 e. The minimum absolute atomic E-state index is 0.281. The molecule has 0 spiro atoms. The average Bonchev–Trinajstić information content (AvgIpc) is 3.67. The first-order chi connectivity index (χ1) is 22.4. The number of halogens is 1. The van der Waals surface area contributed by atoms with Crippen molar-refractivity contribution in [2.45, 2.75) is 19.8 Å². The van der Waals surface area contributed by atoms with Gasteiger partial charge in [-0.2, -0.15) is 0 Å². The number of carbonyl (C=O) groups excluding carboxylic acids is 2. The van der Waals surface area contributed by atoms with E-state index < -0.39 is 5.82 Å². The fourth-order valence-electron chi connectivity index (χ4n) is 5.68. The summed E-state index contributed by atoms with van der Waals surface area (Å²) in [5.74, 6) is 0.418. The summed E-state index contributed by atoms with van der Waals surface area (Å²) < 4.78 is 20.0. The van der Waals surface area contributed by atoms with Gasteiger partial charge in [0.2, 0.25) is 5.91 Å². The molecule has 0 saturated carbocycles. The first-order valence-electron chi connectivity index (χ1n) is 14.7. The maximum Gasteiger partial charge on any atom is 0.258 e. The number of amides is 2. The van der Waals surface area contributed by atoms with Crippen LogP contribution in [0.1, 0.15) is 40.5 Å². The van der Waals surface area contributed by atoms with Gasteiger partial charge in [-0.3, -0.25) is 14.9 Å². The number of benzene rings is 4. The smallest absolute Gasteiger partial charge is 0.258 e. The van der Waals surface area contributed by atoms with Crippen LogP contribution in [0.15, 0.2) is 102 Å². The molecule has 6 aromatic rings. The van der Waals surface area contributed by atoms with E-state index in [4.69, 9.17) is 9.72 Å². The van der Waals surface area contributed by atoms with Crippen LogP contribution in [-0.4, -0.2) is 21.8 Å². The van der Waals surface area contributed by atoms with Gasteiger partial charge in [0.25, 0.3) is 5.91 Å². The molecule has 2 N–H and O–H groups in total. The third-order valence-corrected chi connectivity index (χ3v) is 8.40. The van der Waals surface area contributed by atoms with Crippen LogP contribution in [0.3, 0.4) is 0 Å². The van der Waals surface area contributed by atoms with E-state index in [1.165, 1.54) is 30.4 Å². The molecular formula is C37H27FN4O3S. The van der Waals surface area contributed by atoms with Crippen molar-refractivity contribution in [2.75, 3.05) is 10.6 Å². The summed E-state index contributed by atoms with van der Waals surface area (Å²) in [6, 6.07) is 29.3. The van der Waals surface area contributed by atoms with E-state index in [2.05, 4.69) is 21.7 Å². The highest BCUT2D eigenvalue weighted by Crippen LogP contribution is 2.39. The maximum absolute atomic E-state index is 14.0. The number of fused-ring (bicyclic) bond motifs is 2. The predicted molar refractivity (Wildman–Crippen MR) is 181 cm³/mol. The Kier molecular flexibility index (Phi) is 7.82. The fraction of sp³-hybridized carbons (Fsp3) is 0.0811. The van der Waals surface area contributed by atoms with Crippen molar-refractivity contribution in [1.29, 1.82) is 0 Å². The zero-order chi connectivity index (χ0) is 31.6. The van der Waals surface area contributed by atoms with Crippen molar-refractivity contribution >= 4 is 56.5 Å². The number of hydrogen-bond donors (Lipinski definition) is 2. The predicted octanol–water partition coefficient (Wildman–Crippen LogP) is 8.99. The van der Waals surface area contributed by atoms with Crippen LogP contribution in [0.4, 0.5) is 15.2 Å². The zero-order valence-electron chi connectivity index (χ0n) is 24.7. The molecule has 0 unspecified atom stereocenters. The number of nitrogens with zero attached hydrogens (tertiary/aromatic N) is 2. The molecule has 9 heteroatoms. The Hall–Kier alpha value is -5.67. The second kappa shape index (κ2) is 12.4. The lowest BCUT2D eigenvalue weighted by Gasteiger charge is -2.12. The number of para-hydroxylation sites is 2. The zero-order valence-corrected chi connectivity index (χ0v) is 25.5. The summed E-state index contributed by atoms with van der Waals surface area (Å²) in [4.78, 5) is 35.3. The maximum atomic E-state index is 14.0. The van der Waals surface area contributed by atoms with Crippen LogP contribution in [0, 0.1) is 5.82 Å².